The summed E-state index contributed by atoms with van der Waals surface area (Å²) in [4.78, 5) is 8.35. The van der Waals surface area contributed by atoms with Gasteiger partial charge >= 0.3 is 0 Å². The van der Waals surface area contributed by atoms with Crippen molar-refractivity contribution in [2.24, 2.45) is 0 Å². The Morgan fingerprint density at radius 1 is 1.37 bits per heavy atom. The lowest BCUT2D eigenvalue weighted by Crippen LogP contribution is -2.19. The van der Waals surface area contributed by atoms with Gasteiger partial charge in [-0.25, -0.2) is 4.98 Å². The number of methoxy groups -OCH3 is 1. The van der Waals surface area contributed by atoms with Crippen LogP contribution in [0.5, 0.6) is 0 Å². The molecular formula is C13H18N4O2. The Morgan fingerprint density at radius 3 is 2.95 bits per heavy atom. The number of rotatable bonds is 6. The maximum Gasteiger partial charge on any atom is 0.222 e. The highest BCUT2D eigenvalue weighted by Gasteiger charge is 2.07. The third-order valence-corrected chi connectivity index (χ3v) is 2.75. The van der Waals surface area contributed by atoms with Crippen LogP contribution in [-0.2, 0) is 4.74 Å². The number of benzene rings is 1. The zero-order valence-electron chi connectivity index (χ0n) is 10.8. The van der Waals surface area contributed by atoms with Gasteiger partial charge in [-0.05, 0) is 18.6 Å². The number of aromatic nitrogens is 2. The number of hydrogen-bond acceptors (Lipinski definition) is 6. The van der Waals surface area contributed by atoms with Gasteiger partial charge in [0.2, 0.25) is 5.95 Å². The molecule has 6 nitrogen and oxygen atoms in total. The maximum absolute atomic E-state index is 9.57. The first-order chi connectivity index (χ1) is 9.20. The van der Waals surface area contributed by atoms with Crippen molar-refractivity contribution < 1.29 is 9.84 Å². The van der Waals surface area contributed by atoms with Crippen LogP contribution in [0.1, 0.15) is 6.42 Å². The van der Waals surface area contributed by atoms with E-state index in [9.17, 15) is 5.11 Å². The maximum atomic E-state index is 9.57. The van der Waals surface area contributed by atoms with Crippen molar-refractivity contribution in [1.29, 1.82) is 0 Å². The van der Waals surface area contributed by atoms with E-state index in [4.69, 9.17) is 10.5 Å². The van der Waals surface area contributed by atoms with Crippen LogP contribution in [0.3, 0.4) is 0 Å². The van der Waals surface area contributed by atoms with E-state index < -0.39 is 6.10 Å². The molecule has 1 aromatic carbocycles. The average molecular weight is 262 g/mol. The molecule has 19 heavy (non-hydrogen) atoms. The monoisotopic (exact) mass is 262 g/mol. The number of nitrogens with zero attached hydrogens (tertiary/aromatic N) is 2. The average Bonchev–Trinajstić information content (AvgIpc) is 2.38. The number of hydrogen-bond donors (Lipinski definition) is 3. The molecule has 0 saturated carbocycles. The second kappa shape index (κ2) is 6.31. The molecule has 0 amide bonds. The molecule has 1 unspecified atom stereocenters. The second-order valence-corrected chi connectivity index (χ2v) is 4.27. The lowest BCUT2D eigenvalue weighted by atomic mass is 10.2. The van der Waals surface area contributed by atoms with Crippen molar-refractivity contribution in [3.8, 4) is 0 Å². The Balaban J connectivity index is 2.08. The standard InChI is InChI=1S/C13H18N4O2/c1-19-8-9(18)6-7-15-12-10-4-2-3-5-11(10)16-13(14)17-12/h2-5,9,18H,6-8H2,1H3,(H3,14,15,16,17). The van der Waals surface area contributed by atoms with Gasteiger partial charge in [0.05, 0.1) is 18.2 Å². The third kappa shape index (κ3) is 3.52. The van der Waals surface area contributed by atoms with Gasteiger partial charge in [0, 0.05) is 19.0 Å². The van der Waals surface area contributed by atoms with Gasteiger partial charge in [0.1, 0.15) is 5.82 Å². The van der Waals surface area contributed by atoms with E-state index in [1.165, 1.54) is 0 Å². The molecule has 0 fully saturated rings. The first-order valence-electron chi connectivity index (χ1n) is 6.14. The van der Waals surface area contributed by atoms with E-state index in [1.54, 1.807) is 7.11 Å². The predicted octanol–water partition coefficient (Wildman–Crippen LogP) is 1.02. The molecule has 2 rings (SSSR count). The van der Waals surface area contributed by atoms with E-state index in [0.717, 1.165) is 10.9 Å². The number of aliphatic hydroxyl groups is 1. The Hall–Kier alpha value is -1.92. The van der Waals surface area contributed by atoms with Crippen LogP contribution in [0.15, 0.2) is 24.3 Å². The van der Waals surface area contributed by atoms with Gasteiger partial charge in [-0.3, -0.25) is 0 Å². The number of anilines is 2. The van der Waals surface area contributed by atoms with Crippen LogP contribution in [0.25, 0.3) is 10.9 Å². The molecule has 0 bridgehead atoms. The van der Waals surface area contributed by atoms with Crippen molar-refractivity contribution >= 4 is 22.7 Å². The molecule has 0 aliphatic carbocycles. The highest BCUT2D eigenvalue weighted by atomic mass is 16.5. The normalized spacial score (nSPS) is 12.5. The molecule has 0 aliphatic rings. The van der Waals surface area contributed by atoms with Gasteiger partial charge in [-0.15, -0.1) is 0 Å². The van der Waals surface area contributed by atoms with Gasteiger partial charge in [0.25, 0.3) is 0 Å². The largest absolute Gasteiger partial charge is 0.391 e. The molecule has 0 radical (unpaired) electrons. The fraction of sp³-hybridized carbons (Fsp3) is 0.385. The van der Waals surface area contributed by atoms with Crippen molar-refractivity contribution in [3.05, 3.63) is 24.3 Å². The van der Waals surface area contributed by atoms with Crippen molar-refractivity contribution in [3.63, 3.8) is 0 Å². The molecule has 102 valence electrons. The van der Waals surface area contributed by atoms with Gasteiger partial charge in [-0.1, -0.05) is 12.1 Å². The van der Waals surface area contributed by atoms with Gasteiger partial charge < -0.3 is 20.9 Å². The SMILES string of the molecule is COCC(O)CCNc1nc(N)nc2ccccc12. The molecule has 0 aliphatic heterocycles. The molecule has 2 aromatic rings. The van der Waals surface area contributed by atoms with Crippen molar-refractivity contribution in [2.75, 3.05) is 31.3 Å². The Kier molecular flexibility index (Phi) is 4.48. The molecular weight excluding hydrogens is 244 g/mol. The quantitative estimate of drug-likeness (QED) is 0.719. The van der Waals surface area contributed by atoms with E-state index in [0.29, 0.717) is 25.4 Å². The number of ether oxygens (including phenoxy) is 1. The molecule has 1 aromatic heterocycles. The second-order valence-electron chi connectivity index (χ2n) is 4.27. The number of nitrogen functional groups attached to an aromatic ring is 1. The number of para-hydroxylation sites is 1. The number of aliphatic hydroxyl groups excluding tert-OH is 1. The zero-order valence-corrected chi connectivity index (χ0v) is 10.8. The fourth-order valence-electron chi connectivity index (χ4n) is 1.86. The molecule has 4 N–H and O–H groups in total. The van der Waals surface area contributed by atoms with Crippen LogP contribution in [0.4, 0.5) is 11.8 Å². The molecule has 0 spiro atoms. The first-order valence-corrected chi connectivity index (χ1v) is 6.14. The minimum absolute atomic E-state index is 0.235. The third-order valence-electron chi connectivity index (χ3n) is 2.75. The minimum Gasteiger partial charge on any atom is -0.391 e. The summed E-state index contributed by atoms with van der Waals surface area (Å²) in [6, 6.07) is 7.65. The molecule has 0 saturated heterocycles. The topological polar surface area (TPSA) is 93.3 Å². The Morgan fingerprint density at radius 2 is 2.16 bits per heavy atom. The van der Waals surface area contributed by atoms with Crippen LogP contribution in [-0.4, -0.2) is 41.4 Å². The van der Waals surface area contributed by atoms with E-state index >= 15 is 0 Å². The zero-order chi connectivity index (χ0) is 13.7. The van der Waals surface area contributed by atoms with Crippen molar-refractivity contribution in [2.45, 2.75) is 12.5 Å². The highest BCUT2D eigenvalue weighted by Crippen LogP contribution is 2.20. The summed E-state index contributed by atoms with van der Waals surface area (Å²) in [7, 11) is 1.56. The highest BCUT2D eigenvalue weighted by molar-refractivity contribution is 5.89. The summed E-state index contributed by atoms with van der Waals surface area (Å²) in [6.45, 7) is 0.916. The van der Waals surface area contributed by atoms with Crippen LogP contribution in [0, 0.1) is 0 Å². The Bertz CT molecular complexity index is 547. The summed E-state index contributed by atoms with van der Waals surface area (Å²) in [5.41, 5.74) is 6.47. The minimum atomic E-state index is -0.483. The van der Waals surface area contributed by atoms with E-state index in [2.05, 4.69) is 15.3 Å². The van der Waals surface area contributed by atoms with Crippen molar-refractivity contribution in [1.82, 2.24) is 9.97 Å². The summed E-state index contributed by atoms with van der Waals surface area (Å²) >= 11 is 0. The van der Waals surface area contributed by atoms with E-state index in [1.807, 2.05) is 24.3 Å². The molecule has 1 heterocycles. The van der Waals surface area contributed by atoms with Gasteiger partial charge in [0.15, 0.2) is 0 Å². The Labute approximate surface area is 111 Å². The molecule has 6 heteroatoms. The number of nitrogens with one attached hydrogen (secondary N) is 1. The lowest BCUT2D eigenvalue weighted by molar-refractivity contribution is 0.0615. The van der Waals surface area contributed by atoms with E-state index in [-0.39, 0.29) is 5.95 Å². The predicted molar refractivity (Wildman–Crippen MR) is 74.9 cm³/mol. The lowest BCUT2D eigenvalue weighted by Gasteiger charge is -2.12. The van der Waals surface area contributed by atoms with Crippen LogP contribution < -0.4 is 11.1 Å². The fourth-order valence-corrected chi connectivity index (χ4v) is 1.86. The number of fused-ring (bicyclic) bond motifs is 1. The summed E-state index contributed by atoms with van der Waals surface area (Å²) in [5, 5.41) is 13.7. The first kappa shape index (κ1) is 13.5. The smallest absolute Gasteiger partial charge is 0.222 e. The van der Waals surface area contributed by atoms with Crippen LogP contribution >= 0.6 is 0 Å². The number of nitrogens with two attached hydrogens (primary N) is 1. The summed E-state index contributed by atoms with van der Waals surface area (Å²) in [6.07, 6.45) is 0.0921. The summed E-state index contributed by atoms with van der Waals surface area (Å²) in [5.74, 6) is 0.923. The van der Waals surface area contributed by atoms with Crippen LogP contribution in [0.2, 0.25) is 0 Å². The van der Waals surface area contributed by atoms with Gasteiger partial charge in [-0.2, -0.15) is 4.98 Å². The summed E-state index contributed by atoms with van der Waals surface area (Å²) < 4.78 is 4.87. The molecule has 1 atom stereocenters.